The van der Waals surface area contributed by atoms with Crippen LogP contribution in [0.5, 0.6) is 0 Å². The van der Waals surface area contributed by atoms with E-state index in [9.17, 15) is 9.59 Å². The average Bonchev–Trinajstić information content (AvgIpc) is 2.97. The summed E-state index contributed by atoms with van der Waals surface area (Å²) in [7, 11) is 1.32. The summed E-state index contributed by atoms with van der Waals surface area (Å²) in [6.45, 7) is 2.03. The number of ether oxygens (including phenoxy) is 1. The number of methoxy groups -OCH3 is 1. The van der Waals surface area contributed by atoms with Gasteiger partial charge in [0.25, 0.3) is 5.91 Å². The molecule has 1 aromatic heterocycles. The Morgan fingerprint density at radius 2 is 1.81 bits per heavy atom. The second kappa shape index (κ2) is 8.47. The molecule has 1 aliphatic rings. The van der Waals surface area contributed by atoms with E-state index in [1.165, 1.54) is 32.8 Å². The minimum absolute atomic E-state index is 0.262. The van der Waals surface area contributed by atoms with Crippen LogP contribution in [0.4, 0.5) is 11.5 Å². The number of hydrogen-bond donors (Lipinski definition) is 1. The van der Waals surface area contributed by atoms with E-state index in [2.05, 4.69) is 15.2 Å². The minimum atomic E-state index is -0.440. The number of esters is 1. The van der Waals surface area contributed by atoms with Crippen molar-refractivity contribution in [3.05, 3.63) is 53.7 Å². The summed E-state index contributed by atoms with van der Waals surface area (Å²) in [6.07, 6.45) is 6.49. The fraction of sp³-hybridized carbons (Fsp3) is 0.350. The van der Waals surface area contributed by atoms with E-state index < -0.39 is 5.97 Å². The SMILES string of the molecule is COC(=O)c1cccc(NC(=O)c2ccc(N3CCCCCC3)nc2)c1. The van der Waals surface area contributed by atoms with Crippen molar-refractivity contribution in [3.8, 4) is 0 Å². The highest BCUT2D eigenvalue weighted by molar-refractivity contribution is 6.04. The summed E-state index contributed by atoms with van der Waals surface area (Å²) in [5.74, 6) is 0.211. The average molecular weight is 353 g/mol. The predicted octanol–water partition coefficient (Wildman–Crippen LogP) is 3.50. The minimum Gasteiger partial charge on any atom is -0.465 e. The summed E-state index contributed by atoms with van der Waals surface area (Å²) >= 11 is 0. The van der Waals surface area contributed by atoms with Gasteiger partial charge in [-0.15, -0.1) is 0 Å². The second-order valence-electron chi connectivity index (χ2n) is 6.33. The van der Waals surface area contributed by atoms with Crippen LogP contribution in [0.15, 0.2) is 42.6 Å². The van der Waals surface area contributed by atoms with Gasteiger partial charge in [0.2, 0.25) is 0 Å². The van der Waals surface area contributed by atoms with Gasteiger partial charge in [-0.2, -0.15) is 0 Å². The maximum atomic E-state index is 12.4. The first kappa shape index (κ1) is 17.9. The molecule has 1 aromatic carbocycles. The van der Waals surface area contributed by atoms with Crippen molar-refractivity contribution in [2.24, 2.45) is 0 Å². The van der Waals surface area contributed by atoms with Crippen molar-refractivity contribution in [1.29, 1.82) is 0 Å². The molecule has 3 rings (SSSR count). The van der Waals surface area contributed by atoms with Crippen molar-refractivity contribution in [2.75, 3.05) is 30.4 Å². The van der Waals surface area contributed by atoms with Crippen molar-refractivity contribution >= 4 is 23.4 Å². The third-order valence-corrected chi connectivity index (χ3v) is 4.48. The lowest BCUT2D eigenvalue weighted by atomic mass is 10.2. The molecular formula is C20H23N3O3. The van der Waals surface area contributed by atoms with E-state index in [1.54, 1.807) is 36.5 Å². The number of aromatic nitrogens is 1. The quantitative estimate of drug-likeness (QED) is 0.852. The highest BCUT2D eigenvalue weighted by Gasteiger charge is 2.13. The molecule has 0 bridgehead atoms. The maximum Gasteiger partial charge on any atom is 0.337 e. The zero-order valence-corrected chi connectivity index (χ0v) is 14.9. The Morgan fingerprint density at radius 3 is 2.46 bits per heavy atom. The van der Waals surface area contributed by atoms with E-state index in [1.807, 2.05) is 6.07 Å². The molecule has 136 valence electrons. The van der Waals surface area contributed by atoms with Crippen LogP contribution in [0, 0.1) is 0 Å². The number of pyridine rings is 1. The van der Waals surface area contributed by atoms with Gasteiger partial charge in [-0.05, 0) is 43.2 Å². The van der Waals surface area contributed by atoms with Crippen LogP contribution >= 0.6 is 0 Å². The number of hydrogen-bond acceptors (Lipinski definition) is 5. The van der Waals surface area contributed by atoms with Crippen molar-refractivity contribution in [2.45, 2.75) is 25.7 Å². The maximum absolute atomic E-state index is 12.4. The highest BCUT2D eigenvalue weighted by Crippen LogP contribution is 2.18. The molecule has 6 heteroatoms. The number of anilines is 2. The molecule has 1 aliphatic heterocycles. The Balaban J connectivity index is 1.67. The first-order chi connectivity index (χ1) is 12.7. The molecule has 2 aromatic rings. The summed E-state index contributed by atoms with van der Waals surface area (Å²) in [4.78, 5) is 30.7. The molecule has 0 unspecified atom stereocenters. The molecule has 6 nitrogen and oxygen atoms in total. The van der Waals surface area contributed by atoms with Gasteiger partial charge in [0.15, 0.2) is 0 Å². The van der Waals surface area contributed by atoms with Crippen LogP contribution < -0.4 is 10.2 Å². The number of nitrogens with one attached hydrogen (secondary N) is 1. The van der Waals surface area contributed by atoms with Gasteiger partial charge in [-0.3, -0.25) is 4.79 Å². The van der Waals surface area contributed by atoms with Crippen LogP contribution in [-0.4, -0.2) is 37.1 Å². The van der Waals surface area contributed by atoms with Gasteiger partial charge < -0.3 is 15.0 Å². The van der Waals surface area contributed by atoms with E-state index in [-0.39, 0.29) is 5.91 Å². The molecule has 2 heterocycles. The fourth-order valence-corrected chi connectivity index (χ4v) is 3.05. The Morgan fingerprint density at radius 1 is 1.04 bits per heavy atom. The van der Waals surface area contributed by atoms with Crippen molar-refractivity contribution in [3.63, 3.8) is 0 Å². The molecule has 1 N–H and O–H groups in total. The van der Waals surface area contributed by atoms with E-state index in [0.717, 1.165) is 18.9 Å². The summed E-state index contributed by atoms with van der Waals surface area (Å²) in [6, 6.07) is 10.3. The molecule has 0 atom stereocenters. The normalized spacial score (nSPS) is 14.4. The van der Waals surface area contributed by atoms with E-state index >= 15 is 0 Å². The number of carbonyl (C=O) groups is 2. The lowest BCUT2D eigenvalue weighted by Gasteiger charge is -2.21. The van der Waals surface area contributed by atoms with Gasteiger partial charge in [-0.1, -0.05) is 18.9 Å². The van der Waals surface area contributed by atoms with Gasteiger partial charge in [0.05, 0.1) is 18.2 Å². The molecule has 0 radical (unpaired) electrons. The molecule has 0 saturated carbocycles. The van der Waals surface area contributed by atoms with Crippen molar-refractivity contribution < 1.29 is 14.3 Å². The van der Waals surface area contributed by atoms with Crippen LogP contribution in [0.1, 0.15) is 46.4 Å². The molecular weight excluding hydrogens is 330 g/mol. The lowest BCUT2D eigenvalue weighted by Crippen LogP contribution is -2.25. The Bertz CT molecular complexity index is 766. The number of carbonyl (C=O) groups excluding carboxylic acids is 2. The molecule has 1 fully saturated rings. The molecule has 26 heavy (non-hydrogen) atoms. The van der Waals surface area contributed by atoms with Gasteiger partial charge in [-0.25, -0.2) is 9.78 Å². The predicted molar refractivity (Wildman–Crippen MR) is 101 cm³/mol. The Hall–Kier alpha value is -2.89. The third-order valence-electron chi connectivity index (χ3n) is 4.48. The first-order valence-corrected chi connectivity index (χ1v) is 8.88. The Kier molecular flexibility index (Phi) is 5.84. The lowest BCUT2D eigenvalue weighted by molar-refractivity contribution is 0.0600. The van der Waals surface area contributed by atoms with Crippen LogP contribution in [-0.2, 0) is 4.74 Å². The largest absolute Gasteiger partial charge is 0.465 e. The molecule has 0 spiro atoms. The van der Waals surface area contributed by atoms with Gasteiger partial charge >= 0.3 is 5.97 Å². The number of rotatable bonds is 4. The fourth-order valence-electron chi connectivity index (χ4n) is 3.05. The van der Waals surface area contributed by atoms with E-state index in [4.69, 9.17) is 4.74 Å². The summed E-state index contributed by atoms with van der Waals surface area (Å²) in [5.41, 5.74) is 1.40. The van der Waals surface area contributed by atoms with Crippen LogP contribution in [0.2, 0.25) is 0 Å². The number of nitrogens with zero attached hydrogens (tertiary/aromatic N) is 2. The summed E-state index contributed by atoms with van der Waals surface area (Å²) < 4.78 is 4.69. The first-order valence-electron chi connectivity index (χ1n) is 8.88. The van der Waals surface area contributed by atoms with Gasteiger partial charge in [0.1, 0.15) is 5.82 Å². The molecule has 1 saturated heterocycles. The van der Waals surface area contributed by atoms with Crippen LogP contribution in [0.3, 0.4) is 0 Å². The number of amides is 1. The highest BCUT2D eigenvalue weighted by atomic mass is 16.5. The number of benzene rings is 1. The summed E-state index contributed by atoms with van der Waals surface area (Å²) in [5, 5.41) is 2.79. The second-order valence-corrected chi connectivity index (χ2v) is 6.33. The van der Waals surface area contributed by atoms with E-state index in [0.29, 0.717) is 16.8 Å². The zero-order valence-electron chi connectivity index (χ0n) is 14.9. The molecule has 1 amide bonds. The smallest absolute Gasteiger partial charge is 0.337 e. The Labute approximate surface area is 153 Å². The zero-order chi connectivity index (χ0) is 18.4. The third kappa shape index (κ3) is 4.39. The van der Waals surface area contributed by atoms with Crippen molar-refractivity contribution in [1.82, 2.24) is 4.98 Å². The van der Waals surface area contributed by atoms with Gasteiger partial charge in [0, 0.05) is 25.0 Å². The molecule has 0 aliphatic carbocycles. The topological polar surface area (TPSA) is 71.5 Å². The van der Waals surface area contributed by atoms with Crippen LogP contribution in [0.25, 0.3) is 0 Å². The standard InChI is InChI=1S/C20H23N3O3/c1-26-20(25)15-7-6-8-17(13-15)22-19(24)16-9-10-18(21-14-16)23-11-4-2-3-5-12-23/h6-10,13-14H,2-5,11-12H2,1H3,(H,22,24). The monoisotopic (exact) mass is 353 g/mol.